The van der Waals surface area contributed by atoms with Gasteiger partial charge in [0.15, 0.2) is 0 Å². The van der Waals surface area contributed by atoms with E-state index in [1.54, 1.807) is 7.11 Å². The molecule has 2 rings (SSSR count). The summed E-state index contributed by atoms with van der Waals surface area (Å²) >= 11 is 0. The fourth-order valence-corrected chi connectivity index (χ4v) is 3.00. The maximum absolute atomic E-state index is 5.31. The number of benzene rings is 1. The summed E-state index contributed by atoms with van der Waals surface area (Å²) in [6.07, 6.45) is 5.48. The number of hydrogen-bond donors (Lipinski definition) is 1. The largest absolute Gasteiger partial charge is 0.497 e. The van der Waals surface area contributed by atoms with Crippen LogP contribution < -0.4 is 10.1 Å². The Bertz CT molecular complexity index is 388. The molecule has 19 heavy (non-hydrogen) atoms. The van der Waals surface area contributed by atoms with E-state index < -0.39 is 0 Å². The number of nitrogens with zero attached hydrogens (tertiary/aromatic N) is 1. The van der Waals surface area contributed by atoms with Gasteiger partial charge in [0.05, 0.1) is 7.11 Å². The van der Waals surface area contributed by atoms with E-state index >= 15 is 0 Å². The van der Waals surface area contributed by atoms with Gasteiger partial charge in [-0.1, -0.05) is 25.0 Å². The average molecular weight is 262 g/mol. The van der Waals surface area contributed by atoms with Crippen LogP contribution in [0, 0.1) is 0 Å². The van der Waals surface area contributed by atoms with Gasteiger partial charge in [-0.05, 0) is 44.6 Å². The van der Waals surface area contributed by atoms with E-state index in [1.807, 2.05) is 13.1 Å². The highest BCUT2D eigenvalue weighted by Gasteiger charge is 2.22. The minimum Gasteiger partial charge on any atom is -0.497 e. The molecular weight excluding hydrogens is 236 g/mol. The van der Waals surface area contributed by atoms with Gasteiger partial charge in [0.2, 0.25) is 0 Å². The van der Waals surface area contributed by atoms with Crippen molar-refractivity contribution in [1.82, 2.24) is 10.2 Å². The summed E-state index contributed by atoms with van der Waals surface area (Å²) in [5.74, 6) is 0.932. The second-order valence-electron chi connectivity index (χ2n) is 5.50. The van der Waals surface area contributed by atoms with Crippen LogP contribution in [0.3, 0.4) is 0 Å². The molecule has 1 aliphatic carbocycles. The fourth-order valence-electron chi connectivity index (χ4n) is 3.00. The Morgan fingerprint density at radius 2 is 2.11 bits per heavy atom. The topological polar surface area (TPSA) is 24.5 Å². The molecule has 0 saturated heterocycles. The molecule has 3 heteroatoms. The minimum absolute atomic E-state index is 0.362. The summed E-state index contributed by atoms with van der Waals surface area (Å²) in [6, 6.07) is 9.49. The first-order valence-corrected chi connectivity index (χ1v) is 7.26. The van der Waals surface area contributed by atoms with Crippen molar-refractivity contribution in [3.8, 4) is 5.75 Å². The number of nitrogens with one attached hydrogen (secondary N) is 1. The van der Waals surface area contributed by atoms with E-state index in [4.69, 9.17) is 4.74 Å². The van der Waals surface area contributed by atoms with Crippen molar-refractivity contribution in [2.75, 3.05) is 27.7 Å². The summed E-state index contributed by atoms with van der Waals surface area (Å²) in [5.41, 5.74) is 1.30. The molecule has 1 atom stereocenters. The van der Waals surface area contributed by atoms with Gasteiger partial charge in [0.25, 0.3) is 0 Å². The van der Waals surface area contributed by atoms with Crippen LogP contribution in [-0.2, 0) is 0 Å². The number of likely N-dealkylation sites (N-methyl/N-ethyl adjacent to an activating group) is 2. The van der Waals surface area contributed by atoms with Gasteiger partial charge in [-0.2, -0.15) is 0 Å². The monoisotopic (exact) mass is 262 g/mol. The Balaban J connectivity index is 2.01. The van der Waals surface area contributed by atoms with Gasteiger partial charge in [0, 0.05) is 18.6 Å². The molecule has 0 aromatic heterocycles. The maximum Gasteiger partial charge on any atom is 0.119 e. The molecule has 0 spiro atoms. The normalized spacial score (nSPS) is 17.9. The SMILES string of the molecule is CNC(CN(C)C1CCCC1)c1cccc(OC)c1. The first-order chi connectivity index (χ1) is 9.24. The van der Waals surface area contributed by atoms with Gasteiger partial charge >= 0.3 is 0 Å². The van der Waals surface area contributed by atoms with Crippen LogP contribution in [0.5, 0.6) is 5.75 Å². The third-order valence-corrected chi connectivity index (χ3v) is 4.26. The molecule has 1 fully saturated rings. The number of hydrogen-bond acceptors (Lipinski definition) is 3. The molecule has 0 aliphatic heterocycles. The first-order valence-electron chi connectivity index (χ1n) is 7.26. The highest BCUT2D eigenvalue weighted by atomic mass is 16.5. The second kappa shape index (κ2) is 6.92. The van der Waals surface area contributed by atoms with Gasteiger partial charge in [0.1, 0.15) is 5.75 Å². The molecule has 3 nitrogen and oxygen atoms in total. The van der Waals surface area contributed by atoms with Crippen LogP contribution in [0.15, 0.2) is 24.3 Å². The quantitative estimate of drug-likeness (QED) is 0.853. The molecule has 1 N–H and O–H groups in total. The molecule has 0 amide bonds. The maximum atomic E-state index is 5.31. The predicted molar refractivity (Wildman–Crippen MR) is 79.7 cm³/mol. The molecular formula is C16H26N2O. The fraction of sp³-hybridized carbons (Fsp3) is 0.625. The molecule has 1 aromatic carbocycles. The van der Waals surface area contributed by atoms with Crippen molar-refractivity contribution in [2.45, 2.75) is 37.8 Å². The van der Waals surface area contributed by atoms with Crippen LogP contribution in [0.4, 0.5) is 0 Å². The van der Waals surface area contributed by atoms with E-state index in [0.717, 1.165) is 18.3 Å². The lowest BCUT2D eigenvalue weighted by atomic mass is 10.1. The van der Waals surface area contributed by atoms with Crippen molar-refractivity contribution >= 4 is 0 Å². The van der Waals surface area contributed by atoms with E-state index in [0.29, 0.717) is 6.04 Å². The standard InChI is InChI=1S/C16H26N2O/c1-17-16(12-18(2)14-8-4-5-9-14)13-7-6-10-15(11-13)19-3/h6-7,10-11,14,16-17H,4-5,8-9,12H2,1-3H3. The van der Waals surface area contributed by atoms with Gasteiger partial charge < -0.3 is 15.0 Å². The Hall–Kier alpha value is -1.06. The summed E-state index contributed by atoms with van der Waals surface area (Å²) < 4.78 is 5.31. The number of rotatable bonds is 6. The lowest BCUT2D eigenvalue weighted by Crippen LogP contribution is -2.36. The molecule has 1 saturated carbocycles. The van der Waals surface area contributed by atoms with Gasteiger partial charge in [-0.25, -0.2) is 0 Å². The van der Waals surface area contributed by atoms with Crippen molar-refractivity contribution < 1.29 is 4.74 Å². The highest BCUT2D eigenvalue weighted by Crippen LogP contribution is 2.25. The van der Waals surface area contributed by atoms with Crippen molar-refractivity contribution in [3.05, 3.63) is 29.8 Å². The molecule has 106 valence electrons. The van der Waals surface area contributed by atoms with Crippen LogP contribution in [0.25, 0.3) is 0 Å². The van der Waals surface area contributed by atoms with Crippen molar-refractivity contribution in [1.29, 1.82) is 0 Å². The third-order valence-electron chi connectivity index (χ3n) is 4.26. The van der Waals surface area contributed by atoms with E-state index in [-0.39, 0.29) is 0 Å². The zero-order valence-electron chi connectivity index (χ0n) is 12.4. The van der Waals surface area contributed by atoms with E-state index in [9.17, 15) is 0 Å². The van der Waals surface area contributed by atoms with Gasteiger partial charge in [-0.15, -0.1) is 0 Å². The Morgan fingerprint density at radius 3 is 2.74 bits per heavy atom. The summed E-state index contributed by atoms with van der Waals surface area (Å²) in [6.45, 7) is 1.05. The third kappa shape index (κ3) is 3.71. The lowest BCUT2D eigenvalue weighted by Gasteiger charge is -2.29. The summed E-state index contributed by atoms with van der Waals surface area (Å²) in [4.78, 5) is 2.51. The van der Waals surface area contributed by atoms with Crippen molar-refractivity contribution in [2.24, 2.45) is 0 Å². The number of ether oxygens (including phenoxy) is 1. The zero-order valence-corrected chi connectivity index (χ0v) is 12.4. The Labute approximate surface area is 116 Å². The first kappa shape index (κ1) is 14.4. The molecule has 0 heterocycles. The summed E-state index contributed by atoms with van der Waals surface area (Å²) in [7, 11) is 6.01. The van der Waals surface area contributed by atoms with Gasteiger partial charge in [-0.3, -0.25) is 0 Å². The molecule has 1 aromatic rings. The number of methoxy groups -OCH3 is 1. The Morgan fingerprint density at radius 1 is 1.37 bits per heavy atom. The predicted octanol–water partition coefficient (Wildman–Crippen LogP) is 2.83. The van der Waals surface area contributed by atoms with Crippen LogP contribution in [0.2, 0.25) is 0 Å². The Kier molecular flexibility index (Phi) is 5.23. The smallest absolute Gasteiger partial charge is 0.119 e. The molecule has 1 unspecified atom stereocenters. The van der Waals surface area contributed by atoms with E-state index in [2.05, 4.69) is 35.5 Å². The summed E-state index contributed by atoms with van der Waals surface area (Å²) in [5, 5.41) is 3.43. The highest BCUT2D eigenvalue weighted by molar-refractivity contribution is 5.30. The molecule has 1 aliphatic rings. The second-order valence-corrected chi connectivity index (χ2v) is 5.50. The average Bonchev–Trinajstić information content (AvgIpc) is 2.98. The van der Waals surface area contributed by atoms with Crippen molar-refractivity contribution in [3.63, 3.8) is 0 Å². The minimum atomic E-state index is 0.362. The van der Waals surface area contributed by atoms with Crippen LogP contribution in [0.1, 0.15) is 37.3 Å². The van der Waals surface area contributed by atoms with Crippen LogP contribution in [-0.4, -0.2) is 38.7 Å². The molecule has 0 bridgehead atoms. The molecule has 0 radical (unpaired) electrons. The lowest BCUT2D eigenvalue weighted by molar-refractivity contribution is 0.222. The van der Waals surface area contributed by atoms with Crippen LogP contribution >= 0.6 is 0 Å². The van der Waals surface area contributed by atoms with E-state index in [1.165, 1.54) is 31.2 Å². The zero-order chi connectivity index (χ0) is 13.7.